The van der Waals surface area contributed by atoms with Gasteiger partial charge in [0.15, 0.2) is 11.6 Å². The van der Waals surface area contributed by atoms with E-state index in [1.807, 2.05) is 17.9 Å². The number of benzene rings is 2. The van der Waals surface area contributed by atoms with Gasteiger partial charge in [-0.2, -0.15) is 0 Å². The van der Waals surface area contributed by atoms with Crippen LogP contribution in [0, 0.1) is 0 Å². The van der Waals surface area contributed by atoms with Gasteiger partial charge in [-0.25, -0.2) is 9.97 Å². The minimum atomic E-state index is -4.77. The number of amides is 1. The van der Waals surface area contributed by atoms with Gasteiger partial charge in [-0.3, -0.25) is 9.69 Å². The van der Waals surface area contributed by atoms with Crippen molar-refractivity contribution in [2.75, 3.05) is 30.6 Å². The minimum absolute atomic E-state index is 0.00108. The summed E-state index contributed by atoms with van der Waals surface area (Å²) in [5, 5.41) is 0. The lowest BCUT2D eigenvalue weighted by Gasteiger charge is -2.39. The first-order chi connectivity index (χ1) is 17.6. The zero-order chi connectivity index (χ0) is 26.7. The number of hydrogen-bond acceptors (Lipinski definition) is 7. The number of aromatic nitrogens is 2. The monoisotopic (exact) mass is 580 g/mol. The van der Waals surface area contributed by atoms with Crippen LogP contribution in [0.4, 0.5) is 24.8 Å². The van der Waals surface area contributed by atoms with E-state index in [-0.39, 0.29) is 30.8 Å². The summed E-state index contributed by atoms with van der Waals surface area (Å²) in [5.41, 5.74) is 1.47. The lowest BCUT2D eigenvalue weighted by Crippen LogP contribution is -2.47. The quantitative estimate of drug-likeness (QED) is 0.340. The fourth-order valence-corrected chi connectivity index (χ4v) is 4.53. The van der Waals surface area contributed by atoms with E-state index in [0.717, 1.165) is 5.56 Å². The van der Waals surface area contributed by atoms with Crippen LogP contribution in [-0.4, -0.2) is 43.0 Å². The van der Waals surface area contributed by atoms with Crippen LogP contribution in [0.5, 0.6) is 17.2 Å². The maximum atomic E-state index is 13.5. The maximum absolute atomic E-state index is 13.5. The van der Waals surface area contributed by atoms with Crippen LogP contribution in [-0.2, 0) is 11.3 Å². The molecule has 2 heterocycles. The normalized spacial score (nSPS) is 14.3. The highest BCUT2D eigenvalue weighted by Crippen LogP contribution is 2.39. The van der Waals surface area contributed by atoms with Gasteiger partial charge in [0.1, 0.15) is 21.9 Å². The van der Waals surface area contributed by atoms with Crippen LogP contribution in [0.15, 0.2) is 53.3 Å². The number of anilines is 2. The number of hydrogen-bond donors (Lipinski definition) is 0. The summed E-state index contributed by atoms with van der Waals surface area (Å²) >= 11 is 3.34. The Morgan fingerprint density at radius 1 is 1.05 bits per heavy atom. The molecule has 4 rings (SSSR count). The largest absolute Gasteiger partial charge is 0.573 e. The first-order valence-corrected chi connectivity index (χ1v) is 12.1. The number of alkyl halides is 3. The van der Waals surface area contributed by atoms with Crippen LogP contribution in [0.2, 0.25) is 0 Å². The summed E-state index contributed by atoms with van der Waals surface area (Å²) in [6.45, 7) is 2.12. The predicted molar refractivity (Wildman–Crippen MR) is 134 cm³/mol. The molecule has 1 amide bonds. The predicted octanol–water partition coefficient (Wildman–Crippen LogP) is 5.66. The van der Waals surface area contributed by atoms with Crippen LogP contribution in [0.25, 0.3) is 0 Å². The SMILES string of the molecule is CCC(c1ccc(OC(F)(F)F)cc1)N1CC(=O)N(Cc2ccc(OC)cc2OC)c2nc(Br)cnc21. The van der Waals surface area contributed by atoms with Crippen molar-refractivity contribution in [1.82, 2.24) is 9.97 Å². The molecule has 196 valence electrons. The Morgan fingerprint density at radius 3 is 2.38 bits per heavy atom. The van der Waals surface area contributed by atoms with Crippen LogP contribution in [0.3, 0.4) is 0 Å². The second kappa shape index (κ2) is 10.8. The van der Waals surface area contributed by atoms with E-state index < -0.39 is 6.36 Å². The van der Waals surface area contributed by atoms with Gasteiger partial charge >= 0.3 is 6.36 Å². The van der Waals surface area contributed by atoms with E-state index >= 15 is 0 Å². The second-order valence-electron chi connectivity index (χ2n) is 8.17. The van der Waals surface area contributed by atoms with Crippen molar-refractivity contribution >= 4 is 33.5 Å². The van der Waals surface area contributed by atoms with Crippen molar-refractivity contribution in [2.45, 2.75) is 32.3 Å². The van der Waals surface area contributed by atoms with Gasteiger partial charge in [-0.15, -0.1) is 13.2 Å². The fraction of sp³-hybridized carbons (Fsp3) is 0.320. The molecule has 3 aromatic rings. The summed E-state index contributed by atoms with van der Waals surface area (Å²) in [7, 11) is 3.10. The van der Waals surface area contributed by atoms with Gasteiger partial charge in [0.05, 0.1) is 39.5 Å². The average Bonchev–Trinajstić information content (AvgIpc) is 2.86. The molecule has 0 fully saturated rings. The lowest BCUT2D eigenvalue weighted by atomic mass is 10.0. The summed E-state index contributed by atoms with van der Waals surface area (Å²) < 4.78 is 52.9. The molecule has 0 N–H and O–H groups in total. The molecule has 1 atom stereocenters. The molecule has 1 aliphatic rings. The molecule has 37 heavy (non-hydrogen) atoms. The molecule has 2 aromatic carbocycles. The van der Waals surface area contributed by atoms with Gasteiger partial charge < -0.3 is 19.1 Å². The third-order valence-electron chi connectivity index (χ3n) is 5.92. The number of rotatable bonds is 8. The van der Waals surface area contributed by atoms with Crippen molar-refractivity contribution < 1.29 is 32.2 Å². The highest BCUT2D eigenvalue weighted by atomic mass is 79.9. The molecule has 0 bridgehead atoms. The molecular formula is C25H24BrF3N4O4. The Labute approximate surface area is 220 Å². The first kappa shape index (κ1) is 26.5. The van der Waals surface area contributed by atoms with Gasteiger partial charge in [0.25, 0.3) is 0 Å². The third-order valence-corrected chi connectivity index (χ3v) is 6.31. The topological polar surface area (TPSA) is 77.0 Å². The van der Waals surface area contributed by atoms with Crippen molar-refractivity contribution in [1.29, 1.82) is 0 Å². The third kappa shape index (κ3) is 5.90. The average molecular weight is 581 g/mol. The number of carbonyl (C=O) groups excluding carboxylic acids is 1. The van der Waals surface area contributed by atoms with E-state index in [4.69, 9.17) is 9.47 Å². The Bertz CT molecular complexity index is 1270. The summed E-state index contributed by atoms with van der Waals surface area (Å²) in [6.07, 6.45) is -2.67. The molecule has 0 spiro atoms. The number of carbonyl (C=O) groups is 1. The van der Waals surface area contributed by atoms with Crippen molar-refractivity contribution in [2.24, 2.45) is 0 Å². The highest BCUT2D eigenvalue weighted by molar-refractivity contribution is 9.10. The van der Waals surface area contributed by atoms with Crippen LogP contribution >= 0.6 is 15.9 Å². The molecule has 1 unspecified atom stereocenters. The number of methoxy groups -OCH3 is 2. The molecule has 12 heteroatoms. The first-order valence-electron chi connectivity index (χ1n) is 11.3. The molecule has 0 radical (unpaired) electrons. The van der Waals surface area contributed by atoms with Crippen molar-refractivity contribution in [3.8, 4) is 17.2 Å². The molecule has 1 aliphatic heterocycles. The number of nitrogens with zero attached hydrogens (tertiary/aromatic N) is 4. The summed E-state index contributed by atoms with van der Waals surface area (Å²) in [4.78, 5) is 25.9. The molecule has 8 nitrogen and oxygen atoms in total. The van der Waals surface area contributed by atoms with Crippen LogP contribution < -0.4 is 24.0 Å². The molecule has 0 aliphatic carbocycles. The fourth-order valence-electron chi connectivity index (χ4n) is 4.26. The molecular weight excluding hydrogens is 557 g/mol. The number of halogens is 4. The standard InChI is InChI=1S/C25H24BrF3N4O4/c1-4-19(15-5-8-17(9-6-15)37-25(27,28)29)32-14-22(34)33(24-23(32)30-12-21(26)31-24)13-16-7-10-18(35-2)11-20(16)36-3/h5-12,19H,4,13-14H2,1-3H3. The van der Waals surface area contributed by atoms with E-state index in [2.05, 4.69) is 30.6 Å². The van der Waals surface area contributed by atoms with Gasteiger partial charge in [0, 0.05) is 11.6 Å². The Hall–Kier alpha value is -3.54. The molecule has 1 aromatic heterocycles. The van der Waals surface area contributed by atoms with E-state index in [0.29, 0.717) is 39.7 Å². The Balaban J connectivity index is 1.68. The van der Waals surface area contributed by atoms with Crippen LogP contribution in [0.1, 0.15) is 30.5 Å². The van der Waals surface area contributed by atoms with Gasteiger partial charge in [-0.1, -0.05) is 19.1 Å². The Kier molecular flexibility index (Phi) is 7.76. The lowest BCUT2D eigenvalue weighted by molar-refractivity contribution is -0.274. The van der Waals surface area contributed by atoms with E-state index in [1.165, 1.54) is 12.1 Å². The van der Waals surface area contributed by atoms with Gasteiger partial charge in [-0.05, 0) is 52.2 Å². The number of ether oxygens (including phenoxy) is 3. The maximum Gasteiger partial charge on any atom is 0.573 e. The summed E-state index contributed by atoms with van der Waals surface area (Å²) in [5.74, 6) is 1.50. The molecule has 0 saturated carbocycles. The second-order valence-corrected chi connectivity index (χ2v) is 8.98. The highest BCUT2D eigenvalue weighted by Gasteiger charge is 2.36. The smallest absolute Gasteiger partial charge is 0.497 e. The Morgan fingerprint density at radius 2 is 1.76 bits per heavy atom. The summed E-state index contributed by atoms with van der Waals surface area (Å²) in [6, 6.07) is 10.6. The van der Waals surface area contributed by atoms with Crippen molar-refractivity contribution in [3.05, 3.63) is 64.4 Å². The zero-order valence-corrected chi connectivity index (χ0v) is 21.8. The van der Waals surface area contributed by atoms with E-state index in [1.54, 1.807) is 49.6 Å². The number of fused-ring (bicyclic) bond motifs is 1. The molecule has 0 saturated heterocycles. The zero-order valence-electron chi connectivity index (χ0n) is 20.3. The van der Waals surface area contributed by atoms with Crippen molar-refractivity contribution in [3.63, 3.8) is 0 Å². The van der Waals surface area contributed by atoms with E-state index in [9.17, 15) is 18.0 Å². The minimum Gasteiger partial charge on any atom is -0.497 e. The van der Waals surface area contributed by atoms with Gasteiger partial charge in [0.2, 0.25) is 5.91 Å².